The summed E-state index contributed by atoms with van der Waals surface area (Å²) >= 11 is 0. The van der Waals surface area contributed by atoms with Crippen LogP contribution in [0.3, 0.4) is 0 Å². The monoisotopic (exact) mass is 520 g/mol. The van der Waals surface area contributed by atoms with Gasteiger partial charge in [-0.2, -0.15) is 35.1 Å². The van der Waals surface area contributed by atoms with Crippen LogP contribution in [0.2, 0.25) is 0 Å². The summed E-state index contributed by atoms with van der Waals surface area (Å²) in [5.41, 5.74) is 4.70. The van der Waals surface area contributed by atoms with Gasteiger partial charge in [0.05, 0.1) is 6.54 Å². The maximum atomic E-state index is 13.8. The topological polar surface area (TPSA) is 58.7 Å². The normalized spacial score (nSPS) is 13.4. The minimum Gasteiger partial charge on any atom is -0.457 e. The number of hydrogen-bond donors (Lipinski definition) is 2. The van der Waals surface area contributed by atoms with Crippen molar-refractivity contribution >= 4 is 11.4 Å². The fraction of sp³-hybridized carbons (Fsp3) is 0.250. The molecule has 0 bridgehead atoms. The predicted molar refractivity (Wildman–Crippen MR) is 117 cm³/mol. The van der Waals surface area contributed by atoms with Crippen LogP contribution in [0.1, 0.15) is 11.1 Å². The highest BCUT2D eigenvalue weighted by atomic mass is 19.4. The maximum Gasteiger partial charge on any atom is 0.458 e. The molecule has 0 saturated carbocycles. The van der Waals surface area contributed by atoms with Crippen LogP contribution in [0.15, 0.2) is 72.8 Å². The van der Waals surface area contributed by atoms with Gasteiger partial charge in [-0.25, -0.2) is 0 Å². The van der Waals surface area contributed by atoms with Crippen molar-refractivity contribution in [2.45, 2.75) is 30.9 Å². The number of rotatable bonds is 8. The van der Waals surface area contributed by atoms with Gasteiger partial charge >= 0.3 is 18.3 Å². The van der Waals surface area contributed by atoms with Gasteiger partial charge in [0.1, 0.15) is 11.5 Å². The smallest absolute Gasteiger partial charge is 0.457 e. The Bertz CT molecular complexity index is 1160. The number of aliphatic hydroxyl groups is 1. The highest BCUT2D eigenvalue weighted by Crippen LogP contribution is 2.44. The summed E-state index contributed by atoms with van der Waals surface area (Å²) in [4.78, 5) is 0.999. The van der Waals surface area contributed by atoms with Gasteiger partial charge in [-0.3, -0.25) is 0 Å². The molecule has 3 rings (SSSR count). The maximum absolute atomic E-state index is 13.8. The van der Waals surface area contributed by atoms with Crippen LogP contribution in [0, 0.1) is 0 Å². The van der Waals surface area contributed by atoms with E-state index in [4.69, 9.17) is 10.5 Å². The van der Waals surface area contributed by atoms with Crippen LogP contribution in [-0.4, -0.2) is 30.1 Å². The van der Waals surface area contributed by atoms with E-state index in [2.05, 4.69) is 0 Å². The van der Waals surface area contributed by atoms with E-state index in [1.54, 1.807) is 24.3 Å². The molecule has 0 aliphatic rings. The van der Waals surface area contributed by atoms with Gasteiger partial charge in [-0.15, -0.1) is 0 Å². The number of nitrogens with two attached hydrogens (primary N) is 1. The molecule has 1 unspecified atom stereocenters. The Kier molecular flexibility index (Phi) is 7.68. The highest BCUT2D eigenvalue weighted by Gasteiger charge is 2.58. The number of anilines is 2. The second kappa shape index (κ2) is 10.2. The van der Waals surface area contributed by atoms with Gasteiger partial charge in [0.15, 0.2) is 6.10 Å². The van der Waals surface area contributed by atoms with E-state index in [0.29, 0.717) is 23.6 Å². The molecule has 0 aliphatic heterocycles. The lowest BCUT2D eigenvalue weighted by atomic mass is 10.0. The molecule has 0 fully saturated rings. The van der Waals surface area contributed by atoms with Gasteiger partial charge < -0.3 is 20.5 Å². The lowest BCUT2D eigenvalue weighted by molar-refractivity contribution is -0.289. The van der Waals surface area contributed by atoms with Crippen LogP contribution in [0.4, 0.5) is 46.5 Å². The largest absolute Gasteiger partial charge is 0.458 e. The van der Waals surface area contributed by atoms with E-state index in [-0.39, 0.29) is 17.0 Å². The minimum absolute atomic E-state index is 0.0965. The lowest BCUT2D eigenvalue weighted by Gasteiger charge is -2.29. The molecule has 0 amide bonds. The molecular formula is C24H20F8N2O2. The van der Waals surface area contributed by atoms with E-state index >= 15 is 0 Å². The molecule has 0 radical (unpaired) electrons. The van der Waals surface area contributed by atoms with E-state index < -0.39 is 43.0 Å². The van der Waals surface area contributed by atoms with E-state index in [0.717, 1.165) is 11.0 Å². The Morgan fingerprint density at radius 2 is 1.44 bits per heavy atom. The Labute approximate surface area is 200 Å². The third kappa shape index (κ3) is 6.56. The first-order chi connectivity index (χ1) is 16.7. The van der Waals surface area contributed by atoms with Gasteiger partial charge in [-0.1, -0.05) is 24.3 Å². The van der Waals surface area contributed by atoms with Crippen molar-refractivity contribution < 1.29 is 45.0 Å². The molecule has 194 valence electrons. The Morgan fingerprint density at radius 3 is 2.06 bits per heavy atom. The van der Waals surface area contributed by atoms with Gasteiger partial charge in [0, 0.05) is 29.5 Å². The molecule has 0 aromatic heterocycles. The Morgan fingerprint density at radius 1 is 0.806 bits per heavy atom. The first-order valence-electron chi connectivity index (χ1n) is 10.3. The van der Waals surface area contributed by atoms with E-state index in [1.165, 1.54) is 30.3 Å². The SMILES string of the molecule is Nc1ccc(Oc2cccc(N(Cc3cccc(C(F)(F)C(F)(F)F)c3)CC(O)C(F)(F)F)c2)cc1. The van der Waals surface area contributed by atoms with Crippen LogP contribution in [0.5, 0.6) is 11.5 Å². The first kappa shape index (κ1) is 27.1. The molecule has 3 aromatic rings. The van der Waals surface area contributed by atoms with Crippen LogP contribution in [0.25, 0.3) is 0 Å². The van der Waals surface area contributed by atoms with E-state index in [1.807, 2.05) is 0 Å². The van der Waals surface area contributed by atoms with Gasteiger partial charge in [0.25, 0.3) is 0 Å². The highest BCUT2D eigenvalue weighted by molar-refractivity contribution is 5.53. The number of ether oxygens (including phenoxy) is 1. The summed E-state index contributed by atoms with van der Waals surface area (Å²) in [6.07, 6.45) is -13.7. The molecule has 0 heterocycles. The average molecular weight is 520 g/mol. The number of hydrogen-bond acceptors (Lipinski definition) is 4. The van der Waals surface area contributed by atoms with Crippen LogP contribution < -0.4 is 15.4 Å². The molecule has 4 nitrogen and oxygen atoms in total. The number of nitrogen functional groups attached to an aromatic ring is 1. The molecule has 0 spiro atoms. The molecule has 1 atom stereocenters. The zero-order valence-corrected chi connectivity index (χ0v) is 18.3. The van der Waals surface area contributed by atoms with Crippen LogP contribution >= 0.6 is 0 Å². The van der Waals surface area contributed by atoms with Crippen molar-refractivity contribution in [2.24, 2.45) is 0 Å². The number of benzene rings is 3. The van der Waals surface area contributed by atoms with Crippen LogP contribution in [-0.2, 0) is 12.5 Å². The number of aliphatic hydroxyl groups excluding tert-OH is 1. The van der Waals surface area contributed by atoms with Crippen molar-refractivity contribution in [2.75, 3.05) is 17.2 Å². The van der Waals surface area contributed by atoms with Crippen molar-refractivity contribution in [3.63, 3.8) is 0 Å². The summed E-state index contributed by atoms with van der Waals surface area (Å²) in [6, 6.07) is 15.2. The number of halogens is 8. The van der Waals surface area contributed by atoms with Crippen molar-refractivity contribution in [3.05, 3.63) is 83.9 Å². The quantitative estimate of drug-likeness (QED) is 0.258. The van der Waals surface area contributed by atoms with Crippen molar-refractivity contribution in [1.29, 1.82) is 0 Å². The fourth-order valence-corrected chi connectivity index (χ4v) is 3.24. The molecule has 3 N–H and O–H groups in total. The molecule has 0 saturated heterocycles. The molecular weight excluding hydrogens is 500 g/mol. The number of nitrogens with zero attached hydrogens (tertiary/aromatic N) is 1. The first-order valence-corrected chi connectivity index (χ1v) is 10.3. The second-order valence-electron chi connectivity index (χ2n) is 7.88. The third-order valence-corrected chi connectivity index (χ3v) is 5.09. The van der Waals surface area contributed by atoms with Crippen molar-refractivity contribution in [1.82, 2.24) is 0 Å². The summed E-state index contributed by atoms with van der Waals surface area (Å²) in [5, 5.41) is 9.64. The van der Waals surface area contributed by atoms with Gasteiger partial charge in [0.2, 0.25) is 0 Å². The average Bonchev–Trinajstić information content (AvgIpc) is 2.79. The molecule has 3 aromatic carbocycles. The fourth-order valence-electron chi connectivity index (χ4n) is 3.24. The van der Waals surface area contributed by atoms with Gasteiger partial charge in [-0.05, 0) is 48.0 Å². The minimum atomic E-state index is -5.86. The lowest BCUT2D eigenvalue weighted by Crippen LogP contribution is -2.41. The molecule has 12 heteroatoms. The third-order valence-electron chi connectivity index (χ3n) is 5.09. The van der Waals surface area contributed by atoms with E-state index in [9.17, 15) is 40.2 Å². The molecule has 36 heavy (non-hydrogen) atoms. The summed E-state index contributed by atoms with van der Waals surface area (Å²) < 4.78 is 111. The summed E-state index contributed by atoms with van der Waals surface area (Å²) in [7, 11) is 0. The van der Waals surface area contributed by atoms with Crippen molar-refractivity contribution in [3.8, 4) is 11.5 Å². The summed E-state index contributed by atoms with van der Waals surface area (Å²) in [6.45, 7) is -1.53. The zero-order chi connectivity index (χ0) is 26.7. The predicted octanol–water partition coefficient (Wildman–Crippen LogP) is 6.65. The Balaban J connectivity index is 1.93. The second-order valence-corrected chi connectivity index (χ2v) is 7.88. The Hall–Kier alpha value is -3.54. The number of alkyl halides is 8. The standard InChI is InChI=1S/C24H20F8N2O2/c25-22(26,24(30,31)32)16-4-1-3-15(11-16)13-34(14-21(35)23(27,28)29)18-5-2-6-20(12-18)36-19-9-7-17(33)8-10-19/h1-12,21,35H,13-14,33H2. The zero-order valence-electron chi connectivity index (χ0n) is 18.3. The molecule has 0 aliphatic carbocycles. The summed E-state index contributed by atoms with van der Waals surface area (Å²) in [5.74, 6) is -4.60.